The van der Waals surface area contributed by atoms with E-state index in [1.54, 1.807) is 12.1 Å². The molecule has 0 aromatic heterocycles. The van der Waals surface area contributed by atoms with Crippen LogP contribution in [0.2, 0.25) is 0 Å². The molecule has 0 unspecified atom stereocenters. The first-order valence-electron chi connectivity index (χ1n) is 5.92. The minimum Gasteiger partial charge on any atom is -0.325 e. The number of carbonyl (C=O) groups is 1. The molecule has 2 N–H and O–H groups in total. The molecule has 0 atom stereocenters. The number of nitrogens with one attached hydrogen (secondary N) is 2. The fourth-order valence-electron chi connectivity index (χ4n) is 2.06. The Kier molecular flexibility index (Phi) is 3.90. The van der Waals surface area contributed by atoms with Crippen molar-refractivity contribution in [1.82, 2.24) is 5.32 Å². The van der Waals surface area contributed by atoms with Crippen molar-refractivity contribution in [2.45, 2.75) is 12.8 Å². The molecule has 1 aromatic rings. The van der Waals surface area contributed by atoms with Crippen LogP contribution in [0.15, 0.2) is 18.2 Å². The van der Waals surface area contributed by atoms with E-state index in [1.807, 2.05) is 0 Å². The highest BCUT2D eigenvalue weighted by atomic mass is 19.1. The number of hydrogen-bond acceptors (Lipinski definition) is 3. The maximum atomic E-state index is 13.4. The number of piperidine rings is 1. The zero-order valence-corrected chi connectivity index (χ0v) is 9.87. The number of amides is 1. The summed E-state index contributed by atoms with van der Waals surface area (Å²) in [5.41, 5.74) is 0.140. The monoisotopic (exact) mass is 247 g/mol. The Morgan fingerprint density at radius 3 is 2.83 bits per heavy atom. The van der Waals surface area contributed by atoms with E-state index in [1.165, 1.54) is 12.1 Å². The van der Waals surface area contributed by atoms with Gasteiger partial charge in [-0.15, -0.1) is 0 Å². The number of benzene rings is 1. The maximum Gasteiger partial charge on any atom is 0.227 e. The molecule has 2 rings (SSSR count). The Morgan fingerprint density at radius 2 is 2.17 bits per heavy atom. The summed E-state index contributed by atoms with van der Waals surface area (Å²) < 4.78 is 13.4. The first kappa shape index (κ1) is 12.5. The molecule has 1 aromatic carbocycles. The first-order chi connectivity index (χ1) is 8.72. The fourth-order valence-corrected chi connectivity index (χ4v) is 2.06. The van der Waals surface area contributed by atoms with E-state index in [0.717, 1.165) is 25.9 Å². The van der Waals surface area contributed by atoms with Gasteiger partial charge in [0.05, 0.1) is 5.69 Å². The van der Waals surface area contributed by atoms with E-state index in [4.69, 9.17) is 5.26 Å². The van der Waals surface area contributed by atoms with Crippen LogP contribution in [0, 0.1) is 23.1 Å². The summed E-state index contributed by atoms with van der Waals surface area (Å²) in [4.78, 5) is 12.0. The van der Waals surface area contributed by atoms with Crippen molar-refractivity contribution < 1.29 is 9.18 Å². The third-order valence-corrected chi connectivity index (χ3v) is 3.09. The summed E-state index contributed by atoms with van der Waals surface area (Å²) >= 11 is 0. The van der Waals surface area contributed by atoms with Gasteiger partial charge < -0.3 is 10.6 Å². The molecular formula is C13H14FN3O. The molecule has 1 amide bonds. The summed E-state index contributed by atoms with van der Waals surface area (Å²) in [6.45, 7) is 1.62. The lowest BCUT2D eigenvalue weighted by molar-refractivity contribution is -0.120. The number of anilines is 1. The first-order valence-corrected chi connectivity index (χ1v) is 5.92. The number of nitriles is 1. The molecule has 1 aliphatic heterocycles. The molecule has 0 spiro atoms. The topological polar surface area (TPSA) is 64.9 Å². The number of nitrogens with zero attached hydrogens (tertiary/aromatic N) is 1. The van der Waals surface area contributed by atoms with Crippen LogP contribution in [-0.2, 0) is 4.79 Å². The van der Waals surface area contributed by atoms with Crippen molar-refractivity contribution in [2.75, 3.05) is 18.4 Å². The van der Waals surface area contributed by atoms with Gasteiger partial charge in [0, 0.05) is 5.92 Å². The van der Waals surface area contributed by atoms with Gasteiger partial charge in [-0.05, 0) is 38.1 Å². The maximum absolute atomic E-state index is 13.4. The minimum atomic E-state index is -0.611. The van der Waals surface area contributed by atoms with E-state index < -0.39 is 5.82 Å². The van der Waals surface area contributed by atoms with Crippen molar-refractivity contribution in [3.8, 4) is 6.07 Å². The van der Waals surface area contributed by atoms with Crippen LogP contribution in [0.3, 0.4) is 0 Å². The Morgan fingerprint density at radius 1 is 1.44 bits per heavy atom. The van der Waals surface area contributed by atoms with Gasteiger partial charge in [-0.1, -0.05) is 6.07 Å². The van der Waals surface area contributed by atoms with E-state index in [2.05, 4.69) is 10.6 Å². The summed E-state index contributed by atoms with van der Waals surface area (Å²) in [5, 5.41) is 14.7. The SMILES string of the molecule is N#Cc1c(F)cccc1NC(=O)C1CCNCC1. The Balaban J connectivity index is 2.12. The highest BCUT2D eigenvalue weighted by Gasteiger charge is 2.22. The Bertz CT molecular complexity index is 489. The number of hydrogen-bond donors (Lipinski definition) is 2. The highest BCUT2D eigenvalue weighted by Crippen LogP contribution is 2.20. The van der Waals surface area contributed by atoms with Crippen molar-refractivity contribution in [1.29, 1.82) is 5.26 Å². The molecule has 0 bridgehead atoms. The molecule has 1 aliphatic rings. The van der Waals surface area contributed by atoms with Crippen LogP contribution >= 0.6 is 0 Å². The molecule has 4 nitrogen and oxygen atoms in total. The van der Waals surface area contributed by atoms with Crippen molar-refractivity contribution in [3.63, 3.8) is 0 Å². The lowest BCUT2D eigenvalue weighted by Crippen LogP contribution is -2.34. The van der Waals surface area contributed by atoms with Gasteiger partial charge in [-0.3, -0.25) is 4.79 Å². The summed E-state index contributed by atoms with van der Waals surface area (Å²) in [7, 11) is 0. The van der Waals surface area contributed by atoms with Crippen molar-refractivity contribution in [3.05, 3.63) is 29.6 Å². The fraction of sp³-hybridized carbons (Fsp3) is 0.385. The number of carbonyl (C=O) groups excluding carboxylic acids is 1. The van der Waals surface area contributed by atoms with Crippen molar-refractivity contribution in [2.24, 2.45) is 5.92 Å². The van der Waals surface area contributed by atoms with Gasteiger partial charge in [0.25, 0.3) is 0 Å². The van der Waals surface area contributed by atoms with Gasteiger partial charge in [-0.25, -0.2) is 4.39 Å². The lowest BCUT2D eigenvalue weighted by atomic mass is 9.97. The zero-order valence-electron chi connectivity index (χ0n) is 9.87. The number of halogens is 1. The van der Waals surface area contributed by atoms with E-state index >= 15 is 0 Å². The molecule has 5 heteroatoms. The molecule has 1 saturated heterocycles. The van der Waals surface area contributed by atoms with E-state index in [0.29, 0.717) is 0 Å². The third kappa shape index (κ3) is 2.66. The smallest absolute Gasteiger partial charge is 0.227 e. The average molecular weight is 247 g/mol. The van der Waals surface area contributed by atoms with E-state index in [9.17, 15) is 9.18 Å². The minimum absolute atomic E-state index is 0.0685. The van der Waals surface area contributed by atoms with Crippen LogP contribution in [-0.4, -0.2) is 19.0 Å². The lowest BCUT2D eigenvalue weighted by Gasteiger charge is -2.22. The molecule has 0 saturated carbocycles. The van der Waals surface area contributed by atoms with Gasteiger partial charge in [-0.2, -0.15) is 5.26 Å². The molecule has 0 radical (unpaired) electrons. The molecule has 1 heterocycles. The second-order valence-corrected chi connectivity index (χ2v) is 4.29. The molecule has 1 fully saturated rings. The molecular weight excluding hydrogens is 233 g/mol. The van der Waals surface area contributed by atoms with Gasteiger partial charge >= 0.3 is 0 Å². The average Bonchev–Trinajstić information content (AvgIpc) is 2.40. The van der Waals surface area contributed by atoms with E-state index in [-0.39, 0.29) is 23.1 Å². The van der Waals surface area contributed by atoms with Crippen LogP contribution in [0.25, 0.3) is 0 Å². The van der Waals surface area contributed by atoms with Gasteiger partial charge in [0.2, 0.25) is 5.91 Å². The summed E-state index contributed by atoms with van der Waals surface area (Å²) in [6.07, 6.45) is 1.53. The second kappa shape index (κ2) is 5.61. The Hall–Kier alpha value is -1.93. The predicted octanol–water partition coefficient (Wildman–Crippen LogP) is 1.64. The summed E-state index contributed by atoms with van der Waals surface area (Å²) in [6, 6.07) is 6.00. The largest absolute Gasteiger partial charge is 0.325 e. The normalized spacial score (nSPS) is 16.0. The highest BCUT2D eigenvalue weighted by molar-refractivity contribution is 5.93. The van der Waals surface area contributed by atoms with Crippen LogP contribution in [0.4, 0.5) is 10.1 Å². The molecule has 94 valence electrons. The van der Waals surface area contributed by atoms with Gasteiger partial charge in [0.1, 0.15) is 17.4 Å². The van der Waals surface area contributed by atoms with Crippen LogP contribution in [0.1, 0.15) is 18.4 Å². The van der Waals surface area contributed by atoms with Crippen LogP contribution in [0.5, 0.6) is 0 Å². The second-order valence-electron chi connectivity index (χ2n) is 4.29. The quantitative estimate of drug-likeness (QED) is 0.835. The molecule has 0 aliphatic carbocycles. The summed E-state index contributed by atoms with van der Waals surface area (Å²) in [5.74, 6) is -0.819. The van der Waals surface area contributed by atoms with Gasteiger partial charge in [0.15, 0.2) is 0 Å². The molecule has 18 heavy (non-hydrogen) atoms. The predicted molar refractivity (Wildman–Crippen MR) is 65.3 cm³/mol. The third-order valence-electron chi connectivity index (χ3n) is 3.09. The zero-order chi connectivity index (χ0) is 13.0. The van der Waals surface area contributed by atoms with Crippen LogP contribution < -0.4 is 10.6 Å². The standard InChI is InChI=1S/C13H14FN3O/c14-11-2-1-3-12(10(11)8-15)17-13(18)9-4-6-16-7-5-9/h1-3,9,16H,4-7H2,(H,17,18). The number of rotatable bonds is 2. The van der Waals surface area contributed by atoms with Crippen molar-refractivity contribution >= 4 is 11.6 Å². The Labute approximate surface area is 105 Å².